The van der Waals surface area contributed by atoms with Crippen LogP contribution in [0.2, 0.25) is 0 Å². The molecule has 0 bridgehead atoms. The molecular formula is C15H28N2O2. The van der Waals surface area contributed by atoms with Crippen molar-refractivity contribution in [2.24, 2.45) is 5.41 Å². The quantitative estimate of drug-likeness (QED) is 0.847. The molecule has 0 atom stereocenters. The molecule has 0 aromatic carbocycles. The van der Waals surface area contributed by atoms with Gasteiger partial charge in [0.2, 0.25) is 0 Å². The van der Waals surface area contributed by atoms with Crippen molar-refractivity contribution in [3.8, 4) is 0 Å². The minimum atomic E-state index is -0.588. The summed E-state index contributed by atoms with van der Waals surface area (Å²) in [6.45, 7) is 9.75. The maximum absolute atomic E-state index is 11.4. The zero-order chi connectivity index (χ0) is 13.9. The number of carboxylic acid groups (broad SMARTS) is 1. The molecule has 0 aromatic heterocycles. The van der Waals surface area contributed by atoms with Gasteiger partial charge in [0, 0.05) is 6.04 Å². The molecule has 4 nitrogen and oxygen atoms in total. The van der Waals surface area contributed by atoms with Gasteiger partial charge in [-0.1, -0.05) is 13.8 Å². The van der Waals surface area contributed by atoms with Crippen molar-refractivity contribution in [3.05, 3.63) is 0 Å². The Morgan fingerprint density at radius 2 is 1.74 bits per heavy atom. The molecule has 2 heterocycles. The Morgan fingerprint density at radius 3 is 2.16 bits per heavy atom. The van der Waals surface area contributed by atoms with Gasteiger partial charge in [-0.25, -0.2) is 0 Å². The van der Waals surface area contributed by atoms with Gasteiger partial charge in [-0.15, -0.1) is 0 Å². The second-order valence-corrected chi connectivity index (χ2v) is 6.14. The fraction of sp³-hybridized carbons (Fsp3) is 0.933. The van der Waals surface area contributed by atoms with Crippen LogP contribution in [0.15, 0.2) is 0 Å². The highest BCUT2D eigenvalue weighted by molar-refractivity contribution is 5.74. The Hall–Kier alpha value is -0.610. The molecule has 0 spiro atoms. The Kier molecular flexibility index (Phi) is 4.85. The summed E-state index contributed by atoms with van der Waals surface area (Å²) in [7, 11) is 0. The number of hydrogen-bond donors (Lipinski definition) is 1. The average molecular weight is 268 g/mol. The van der Waals surface area contributed by atoms with Crippen LogP contribution in [0.25, 0.3) is 0 Å². The Morgan fingerprint density at radius 1 is 1.16 bits per heavy atom. The number of nitrogens with zero attached hydrogens (tertiary/aromatic N) is 2. The highest BCUT2D eigenvalue weighted by Gasteiger charge is 2.41. The van der Waals surface area contributed by atoms with Gasteiger partial charge in [0.25, 0.3) is 0 Å². The van der Waals surface area contributed by atoms with Crippen LogP contribution < -0.4 is 0 Å². The van der Waals surface area contributed by atoms with E-state index >= 15 is 0 Å². The second kappa shape index (κ2) is 6.23. The third-order valence-electron chi connectivity index (χ3n) is 5.41. The van der Waals surface area contributed by atoms with Crippen LogP contribution in [0, 0.1) is 5.41 Å². The van der Waals surface area contributed by atoms with Gasteiger partial charge >= 0.3 is 5.97 Å². The third-order valence-corrected chi connectivity index (χ3v) is 5.41. The topological polar surface area (TPSA) is 43.8 Å². The monoisotopic (exact) mass is 268 g/mol. The fourth-order valence-electron chi connectivity index (χ4n) is 3.64. The molecule has 2 aliphatic rings. The first-order chi connectivity index (χ1) is 9.11. The molecule has 0 aliphatic carbocycles. The number of piperidine rings is 2. The number of aliphatic carboxylic acids is 1. The predicted octanol–water partition coefficient (Wildman–Crippen LogP) is 2.05. The van der Waals surface area contributed by atoms with Crippen LogP contribution in [0.3, 0.4) is 0 Å². The molecule has 1 N–H and O–H groups in total. The smallest absolute Gasteiger partial charge is 0.309 e. The van der Waals surface area contributed by atoms with Crippen LogP contribution in [-0.2, 0) is 4.79 Å². The van der Waals surface area contributed by atoms with E-state index in [2.05, 4.69) is 16.7 Å². The minimum Gasteiger partial charge on any atom is -0.481 e. The van der Waals surface area contributed by atoms with E-state index in [1.165, 1.54) is 25.9 Å². The first kappa shape index (κ1) is 14.8. The summed E-state index contributed by atoms with van der Waals surface area (Å²) in [5.74, 6) is -0.588. The molecule has 2 aliphatic heterocycles. The van der Waals surface area contributed by atoms with Crippen molar-refractivity contribution >= 4 is 5.97 Å². The number of carbonyl (C=O) groups is 1. The van der Waals surface area contributed by atoms with Crippen molar-refractivity contribution in [3.63, 3.8) is 0 Å². The van der Waals surface area contributed by atoms with Crippen LogP contribution in [0.5, 0.6) is 0 Å². The molecule has 0 aromatic rings. The number of carboxylic acids is 1. The van der Waals surface area contributed by atoms with Crippen molar-refractivity contribution in [1.82, 2.24) is 9.80 Å². The second-order valence-electron chi connectivity index (χ2n) is 6.14. The lowest BCUT2D eigenvalue weighted by molar-refractivity contribution is -0.152. The Labute approximate surface area is 116 Å². The van der Waals surface area contributed by atoms with Gasteiger partial charge < -0.3 is 14.9 Å². The molecule has 4 heteroatoms. The summed E-state index contributed by atoms with van der Waals surface area (Å²) >= 11 is 0. The van der Waals surface area contributed by atoms with Gasteiger partial charge in [-0.2, -0.15) is 0 Å². The molecule has 0 unspecified atom stereocenters. The number of rotatable bonds is 4. The summed E-state index contributed by atoms with van der Waals surface area (Å²) in [6.07, 6.45) is 4.92. The number of hydrogen-bond acceptors (Lipinski definition) is 3. The Bertz CT molecular complexity index is 303. The first-order valence-corrected chi connectivity index (χ1v) is 7.81. The fourth-order valence-corrected chi connectivity index (χ4v) is 3.64. The molecule has 110 valence electrons. The zero-order valence-electron chi connectivity index (χ0n) is 12.4. The predicted molar refractivity (Wildman–Crippen MR) is 76.3 cm³/mol. The maximum Gasteiger partial charge on any atom is 0.309 e. The molecule has 2 fully saturated rings. The summed E-state index contributed by atoms with van der Waals surface area (Å²) in [5.41, 5.74) is -0.444. The summed E-state index contributed by atoms with van der Waals surface area (Å²) < 4.78 is 0. The van der Waals surface area contributed by atoms with E-state index in [1.807, 2.05) is 6.92 Å². The average Bonchev–Trinajstić information content (AvgIpc) is 2.47. The normalized spacial score (nSPS) is 26.4. The van der Waals surface area contributed by atoms with E-state index in [0.29, 0.717) is 6.04 Å². The molecular weight excluding hydrogens is 240 g/mol. The van der Waals surface area contributed by atoms with Crippen molar-refractivity contribution in [1.29, 1.82) is 0 Å². The van der Waals surface area contributed by atoms with E-state index in [1.54, 1.807) is 0 Å². The number of likely N-dealkylation sites (tertiary alicyclic amines) is 2. The maximum atomic E-state index is 11.4. The molecule has 19 heavy (non-hydrogen) atoms. The van der Waals surface area contributed by atoms with Crippen LogP contribution in [-0.4, -0.2) is 59.6 Å². The van der Waals surface area contributed by atoms with Crippen molar-refractivity contribution < 1.29 is 9.90 Å². The minimum absolute atomic E-state index is 0.444. The van der Waals surface area contributed by atoms with Gasteiger partial charge in [0.1, 0.15) is 0 Å². The SMILES string of the molecule is CCN1CCC(N2CCC(CC)(C(=O)O)CC2)CC1. The van der Waals surface area contributed by atoms with Gasteiger partial charge in [-0.3, -0.25) is 4.79 Å². The lowest BCUT2D eigenvalue weighted by atomic mass is 9.76. The zero-order valence-corrected chi connectivity index (χ0v) is 12.4. The standard InChI is InChI=1S/C15H28N2O2/c1-3-15(14(18)19)7-11-17(12-8-15)13-5-9-16(4-2)10-6-13/h13H,3-12H2,1-2H3,(H,18,19). The van der Waals surface area contributed by atoms with Gasteiger partial charge in [0.05, 0.1) is 5.41 Å². The van der Waals surface area contributed by atoms with E-state index in [0.717, 1.165) is 38.9 Å². The summed E-state index contributed by atoms with van der Waals surface area (Å²) in [6, 6.07) is 0.687. The van der Waals surface area contributed by atoms with Crippen LogP contribution >= 0.6 is 0 Å². The van der Waals surface area contributed by atoms with Crippen molar-refractivity contribution in [2.75, 3.05) is 32.7 Å². The van der Waals surface area contributed by atoms with Crippen LogP contribution in [0.4, 0.5) is 0 Å². The summed E-state index contributed by atoms with van der Waals surface area (Å²) in [5, 5.41) is 9.43. The van der Waals surface area contributed by atoms with E-state index in [4.69, 9.17) is 0 Å². The van der Waals surface area contributed by atoms with Crippen LogP contribution in [0.1, 0.15) is 46.0 Å². The highest BCUT2D eigenvalue weighted by Crippen LogP contribution is 2.36. The third kappa shape index (κ3) is 3.11. The molecule has 0 amide bonds. The lowest BCUT2D eigenvalue weighted by Crippen LogP contribution is -2.51. The Balaban J connectivity index is 1.85. The largest absolute Gasteiger partial charge is 0.481 e. The summed E-state index contributed by atoms with van der Waals surface area (Å²) in [4.78, 5) is 16.5. The van der Waals surface area contributed by atoms with E-state index in [-0.39, 0.29) is 0 Å². The van der Waals surface area contributed by atoms with E-state index in [9.17, 15) is 9.90 Å². The van der Waals surface area contributed by atoms with Gasteiger partial charge in [0.15, 0.2) is 0 Å². The molecule has 0 radical (unpaired) electrons. The van der Waals surface area contributed by atoms with Crippen molar-refractivity contribution in [2.45, 2.75) is 52.0 Å². The van der Waals surface area contributed by atoms with Gasteiger partial charge in [-0.05, 0) is 64.8 Å². The molecule has 2 saturated heterocycles. The molecule has 2 rings (SSSR count). The molecule has 0 saturated carbocycles. The highest BCUT2D eigenvalue weighted by atomic mass is 16.4. The lowest BCUT2D eigenvalue weighted by Gasteiger charge is -2.44. The first-order valence-electron chi connectivity index (χ1n) is 7.81. The van der Waals surface area contributed by atoms with E-state index < -0.39 is 11.4 Å².